The molecule has 0 aliphatic heterocycles. The van der Waals surface area contributed by atoms with E-state index in [0.29, 0.717) is 22.4 Å². The average molecular weight is 332 g/mol. The van der Waals surface area contributed by atoms with Gasteiger partial charge in [0.15, 0.2) is 5.75 Å². The first-order chi connectivity index (χ1) is 11.0. The largest absolute Gasteiger partial charge is 0.505 e. The zero-order valence-corrected chi connectivity index (χ0v) is 13.0. The monoisotopic (exact) mass is 332 g/mol. The smallest absolute Gasteiger partial charge is 0.267 e. The van der Waals surface area contributed by atoms with Gasteiger partial charge in [0.05, 0.1) is 10.2 Å². The summed E-state index contributed by atoms with van der Waals surface area (Å²) in [5, 5.41) is 14.6. The van der Waals surface area contributed by atoms with Crippen LogP contribution >= 0.6 is 11.3 Å². The Bertz CT molecular complexity index is 944. The number of carbonyl (C=O) groups excluding carboxylic acids is 1. The van der Waals surface area contributed by atoms with Crippen LogP contribution in [0.2, 0.25) is 0 Å². The summed E-state index contributed by atoms with van der Waals surface area (Å²) in [7, 11) is 0. The number of hydrogen-bond donors (Lipinski definition) is 2. The van der Waals surface area contributed by atoms with Crippen molar-refractivity contribution in [2.24, 2.45) is 0 Å². The number of amides is 1. The number of anilines is 1. The van der Waals surface area contributed by atoms with Gasteiger partial charge in [0.2, 0.25) is 0 Å². The summed E-state index contributed by atoms with van der Waals surface area (Å²) in [5.41, 5.74) is 0.0597. The second-order valence-electron chi connectivity index (χ2n) is 4.87. The summed E-state index contributed by atoms with van der Waals surface area (Å²) in [6, 6.07) is 6.88. The van der Waals surface area contributed by atoms with E-state index in [-0.39, 0.29) is 11.3 Å². The Morgan fingerprint density at radius 1 is 1.30 bits per heavy atom. The zero-order chi connectivity index (χ0) is 16.6. The summed E-state index contributed by atoms with van der Waals surface area (Å²) in [6.45, 7) is 2.17. The van der Waals surface area contributed by atoms with E-state index < -0.39 is 17.3 Å². The van der Waals surface area contributed by atoms with E-state index in [1.165, 1.54) is 40.2 Å². The van der Waals surface area contributed by atoms with E-state index in [1.807, 2.05) is 0 Å². The average Bonchev–Trinajstić information content (AvgIpc) is 3.00. The minimum Gasteiger partial charge on any atom is -0.505 e. The molecule has 0 bridgehead atoms. The summed E-state index contributed by atoms with van der Waals surface area (Å²) in [6.07, 6.45) is 0. The van der Waals surface area contributed by atoms with Gasteiger partial charge in [-0.2, -0.15) is 0 Å². The molecule has 2 aromatic heterocycles. The van der Waals surface area contributed by atoms with Crippen LogP contribution in [0, 0.1) is 5.82 Å². The molecule has 0 atom stereocenters. The molecule has 23 heavy (non-hydrogen) atoms. The molecule has 0 radical (unpaired) electrons. The quantitative estimate of drug-likeness (QED) is 0.774. The Balaban J connectivity index is 2.10. The highest BCUT2D eigenvalue weighted by atomic mass is 32.1. The summed E-state index contributed by atoms with van der Waals surface area (Å²) in [5.74, 6) is -1.49. The van der Waals surface area contributed by atoms with Crippen molar-refractivity contribution in [3.63, 3.8) is 0 Å². The van der Waals surface area contributed by atoms with Crippen molar-refractivity contribution >= 4 is 33.1 Å². The topological polar surface area (TPSA) is 71.3 Å². The molecule has 0 aliphatic rings. The molecule has 3 aromatic rings. The third kappa shape index (κ3) is 2.59. The predicted octanol–water partition coefficient (Wildman–Crippen LogP) is 3.18. The Labute approximate surface area is 134 Å². The Morgan fingerprint density at radius 3 is 2.65 bits per heavy atom. The maximum atomic E-state index is 12.9. The molecule has 1 aromatic carbocycles. The van der Waals surface area contributed by atoms with Crippen molar-refractivity contribution in [2.75, 3.05) is 5.32 Å². The molecular formula is C16H13FN2O3S. The zero-order valence-electron chi connectivity index (χ0n) is 12.2. The van der Waals surface area contributed by atoms with Crippen LogP contribution in [0.1, 0.15) is 17.3 Å². The lowest BCUT2D eigenvalue weighted by Gasteiger charge is -2.11. The highest BCUT2D eigenvalue weighted by Gasteiger charge is 2.22. The van der Waals surface area contributed by atoms with Crippen LogP contribution in [0.5, 0.6) is 5.75 Å². The number of benzene rings is 1. The predicted molar refractivity (Wildman–Crippen MR) is 87.8 cm³/mol. The first-order valence-electron chi connectivity index (χ1n) is 6.92. The maximum absolute atomic E-state index is 12.9. The van der Waals surface area contributed by atoms with Crippen molar-refractivity contribution in [1.29, 1.82) is 0 Å². The first kappa shape index (κ1) is 15.2. The van der Waals surface area contributed by atoms with Crippen LogP contribution in [0.15, 0.2) is 40.5 Å². The van der Waals surface area contributed by atoms with Crippen molar-refractivity contribution < 1.29 is 14.3 Å². The molecule has 7 heteroatoms. The van der Waals surface area contributed by atoms with Crippen LogP contribution < -0.4 is 10.9 Å². The number of aryl methyl sites for hydroxylation is 1. The number of nitrogens with zero attached hydrogens (tertiary/aromatic N) is 1. The summed E-state index contributed by atoms with van der Waals surface area (Å²) >= 11 is 1.25. The molecule has 0 spiro atoms. The molecule has 118 valence electrons. The number of aromatic nitrogens is 1. The molecule has 0 saturated heterocycles. The van der Waals surface area contributed by atoms with Crippen molar-refractivity contribution in [1.82, 2.24) is 4.57 Å². The lowest BCUT2D eigenvalue weighted by molar-refractivity contribution is 0.102. The Hall–Kier alpha value is -2.67. The molecule has 2 heterocycles. The lowest BCUT2D eigenvalue weighted by atomic mass is 10.2. The molecule has 0 aliphatic carbocycles. The standard InChI is InChI=1S/C16H13FN2O3S/c1-2-19-11-7-8-23-14(11)13(20)12(16(19)22)15(21)18-10-5-3-9(17)4-6-10/h3-8,20H,2H2,1H3,(H,18,21). The number of aromatic hydroxyl groups is 1. The van der Waals surface area contributed by atoms with E-state index in [0.717, 1.165) is 0 Å². The van der Waals surface area contributed by atoms with E-state index in [1.54, 1.807) is 18.4 Å². The first-order valence-corrected chi connectivity index (χ1v) is 7.80. The minimum absolute atomic E-state index is 0.314. The van der Waals surface area contributed by atoms with Gasteiger partial charge in [0.25, 0.3) is 11.5 Å². The van der Waals surface area contributed by atoms with Gasteiger partial charge in [0, 0.05) is 12.2 Å². The van der Waals surface area contributed by atoms with E-state index in [2.05, 4.69) is 5.32 Å². The highest BCUT2D eigenvalue weighted by molar-refractivity contribution is 7.17. The summed E-state index contributed by atoms with van der Waals surface area (Å²) < 4.78 is 14.8. The van der Waals surface area contributed by atoms with Crippen molar-refractivity contribution in [3.8, 4) is 5.75 Å². The van der Waals surface area contributed by atoms with Crippen molar-refractivity contribution in [2.45, 2.75) is 13.5 Å². The highest BCUT2D eigenvalue weighted by Crippen LogP contribution is 2.31. The SMILES string of the molecule is CCn1c(=O)c(C(=O)Nc2ccc(F)cc2)c(O)c2sccc21. The molecule has 0 unspecified atom stereocenters. The number of halogens is 1. The minimum atomic E-state index is -0.725. The van der Waals surface area contributed by atoms with Gasteiger partial charge in [-0.15, -0.1) is 11.3 Å². The van der Waals surface area contributed by atoms with Crippen LogP contribution in [0.25, 0.3) is 10.2 Å². The number of carbonyl (C=O) groups is 1. The summed E-state index contributed by atoms with van der Waals surface area (Å²) in [4.78, 5) is 24.9. The molecule has 0 saturated carbocycles. The van der Waals surface area contributed by atoms with Crippen LogP contribution in [0.3, 0.4) is 0 Å². The molecule has 1 amide bonds. The fourth-order valence-electron chi connectivity index (χ4n) is 2.40. The van der Waals surface area contributed by atoms with Gasteiger partial charge in [-0.25, -0.2) is 4.39 Å². The third-order valence-corrected chi connectivity index (χ3v) is 4.40. The van der Waals surface area contributed by atoms with E-state index in [9.17, 15) is 19.1 Å². The number of pyridine rings is 1. The third-order valence-electron chi connectivity index (χ3n) is 3.49. The van der Waals surface area contributed by atoms with Crippen LogP contribution in [0.4, 0.5) is 10.1 Å². The normalized spacial score (nSPS) is 10.9. The van der Waals surface area contributed by atoms with E-state index in [4.69, 9.17) is 0 Å². The fraction of sp³-hybridized carbons (Fsp3) is 0.125. The van der Waals surface area contributed by atoms with Gasteiger partial charge in [-0.3, -0.25) is 9.59 Å². The number of hydrogen-bond acceptors (Lipinski definition) is 4. The number of rotatable bonds is 3. The van der Waals surface area contributed by atoms with Gasteiger partial charge in [-0.1, -0.05) is 0 Å². The number of nitrogens with one attached hydrogen (secondary N) is 1. The molecule has 2 N–H and O–H groups in total. The van der Waals surface area contributed by atoms with Gasteiger partial charge < -0.3 is 15.0 Å². The van der Waals surface area contributed by atoms with Crippen LogP contribution in [-0.4, -0.2) is 15.6 Å². The Kier molecular flexibility index (Phi) is 3.87. The van der Waals surface area contributed by atoms with E-state index >= 15 is 0 Å². The fourth-order valence-corrected chi connectivity index (χ4v) is 3.24. The molecule has 5 nitrogen and oxygen atoms in total. The van der Waals surface area contributed by atoms with Crippen LogP contribution in [-0.2, 0) is 6.54 Å². The number of thiophene rings is 1. The second kappa shape index (κ2) is 5.85. The van der Waals surface area contributed by atoms with Crippen molar-refractivity contribution in [3.05, 3.63) is 57.4 Å². The maximum Gasteiger partial charge on any atom is 0.267 e. The number of fused-ring (bicyclic) bond motifs is 1. The second-order valence-corrected chi connectivity index (χ2v) is 5.79. The molecular weight excluding hydrogens is 319 g/mol. The molecule has 3 rings (SSSR count). The molecule has 0 fully saturated rings. The van der Waals surface area contributed by atoms with Gasteiger partial charge >= 0.3 is 0 Å². The van der Waals surface area contributed by atoms with Gasteiger partial charge in [0.1, 0.15) is 11.4 Å². The lowest BCUT2D eigenvalue weighted by Crippen LogP contribution is -2.29. The Morgan fingerprint density at radius 2 is 2.00 bits per heavy atom. The van der Waals surface area contributed by atoms with Gasteiger partial charge in [-0.05, 0) is 42.6 Å².